The molecule has 13 heteroatoms. The summed E-state index contributed by atoms with van der Waals surface area (Å²) in [4.78, 5) is 48.3. The molecule has 5 aromatic rings. The molecule has 0 saturated heterocycles. The summed E-state index contributed by atoms with van der Waals surface area (Å²) < 4.78 is 32.5. The van der Waals surface area contributed by atoms with Gasteiger partial charge in [-0.05, 0) is 106 Å². The zero-order chi connectivity index (χ0) is 43.2. The van der Waals surface area contributed by atoms with E-state index in [1.807, 2.05) is 62.4 Å². The number of imide groups is 1. The maximum Gasteiger partial charge on any atom is 0.425 e. The van der Waals surface area contributed by atoms with E-state index in [2.05, 4.69) is 10.3 Å². The number of fused-ring (bicyclic) bond motifs is 1. The van der Waals surface area contributed by atoms with Crippen molar-refractivity contribution in [2.24, 2.45) is 0 Å². The van der Waals surface area contributed by atoms with Gasteiger partial charge >= 0.3 is 12.2 Å². The van der Waals surface area contributed by atoms with Crippen LogP contribution in [0.25, 0.3) is 10.8 Å². The van der Waals surface area contributed by atoms with E-state index < -0.39 is 35.2 Å². The topological polar surface area (TPSA) is 157 Å². The van der Waals surface area contributed by atoms with Crippen molar-refractivity contribution >= 4 is 46.1 Å². The van der Waals surface area contributed by atoms with E-state index in [0.717, 1.165) is 21.6 Å². The van der Waals surface area contributed by atoms with Crippen LogP contribution < -0.4 is 20.7 Å². The molecule has 4 N–H and O–H groups in total. The first-order valence-corrected chi connectivity index (χ1v) is 19.4. The van der Waals surface area contributed by atoms with Gasteiger partial charge in [0, 0.05) is 60.7 Å². The lowest BCUT2D eigenvalue weighted by Crippen LogP contribution is -2.44. The van der Waals surface area contributed by atoms with Crippen molar-refractivity contribution < 1.29 is 38.1 Å². The highest BCUT2D eigenvalue weighted by molar-refractivity contribution is 6.14. The van der Waals surface area contributed by atoms with Gasteiger partial charge < -0.3 is 35.3 Å². The number of nitrogens with two attached hydrogens (primary N) is 1. The third-order valence-electron chi connectivity index (χ3n) is 9.25. The predicted octanol–water partition coefficient (Wildman–Crippen LogP) is 9.43. The monoisotopic (exact) mass is 807 g/mol. The number of anilines is 3. The third kappa shape index (κ3) is 11.3. The van der Waals surface area contributed by atoms with Gasteiger partial charge in [-0.15, -0.1) is 0 Å². The number of pyridine rings is 1. The second-order valence-corrected chi connectivity index (χ2v) is 16.6. The van der Waals surface area contributed by atoms with Crippen molar-refractivity contribution in [2.75, 3.05) is 29.6 Å². The largest absolute Gasteiger partial charge is 0.485 e. The number of nitrogens with zero attached hydrogens (tertiary/aromatic N) is 3. The fourth-order valence-electron chi connectivity index (χ4n) is 6.51. The number of nitrogens with one attached hydrogen (secondary N) is 1. The Bertz CT molecular complexity index is 2280. The summed E-state index contributed by atoms with van der Waals surface area (Å²) in [6.45, 7) is 14.0. The molecule has 1 heterocycles. The van der Waals surface area contributed by atoms with E-state index >= 15 is 4.39 Å². The Labute approximate surface area is 345 Å². The zero-order valence-corrected chi connectivity index (χ0v) is 35.1. The molecule has 1 aromatic heterocycles. The first kappa shape index (κ1) is 43.9. The molecule has 4 aromatic carbocycles. The number of carbonyl (C=O) groups excluding carboxylic acids is 3. The van der Waals surface area contributed by atoms with Crippen molar-refractivity contribution in [3.05, 3.63) is 125 Å². The molecule has 0 aliphatic rings. The van der Waals surface area contributed by atoms with Crippen LogP contribution in [0.1, 0.15) is 88.2 Å². The van der Waals surface area contributed by atoms with Crippen LogP contribution in [0.3, 0.4) is 0 Å². The van der Waals surface area contributed by atoms with Crippen molar-refractivity contribution in [1.82, 2.24) is 9.88 Å². The maximum atomic E-state index is 15.4. The Hall–Kier alpha value is -6.21. The second-order valence-electron chi connectivity index (χ2n) is 16.6. The van der Waals surface area contributed by atoms with Crippen LogP contribution >= 0.6 is 0 Å². The summed E-state index contributed by atoms with van der Waals surface area (Å²) in [6.07, 6.45) is -0.442. The smallest absolute Gasteiger partial charge is 0.425 e. The lowest BCUT2D eigenvalue weighted by atomic mass is 9.93. The van der Waals surface area contributed by atoms with Crippen LogP contribution in [0.5, 0.6) is 5.75 Å². The fourth-order valence-corrected chi connectivity index (χ4v) is 6.51. The molecule has 0 fully saturated rings. The number of benzene rings is 4. The number of hydrogen-bond acceptors (Lipinski definition) is 10. The lowest BCUT2D eigenvalue weighted by Gasteiger charge is -2.29. The Morgan fingerprint density at radius 3 is 2.17 bits per heavy atom. The number of aliphatic hydroxyl groups excluding tert-OH is 1. The molecule has 1 unspecified atom stereocenters. The molecule has 5 rings (SSSR count). The van der Waals surface area contributed by atoms with Crippen LogP contribution in [-0.4, -0.2) is 57.9 Å². The van der Waals surface area contributed by atoms with Gasteiger partial charge in [-0.1, -0.05) is 55.5 Å². The fraction of sp³-hybridized carbons (Fsp3) is 0.348. The summed E-state index contributed by atoms with van der Waals surface area (Å²) in [5.41, 5.74) is 8.68. The molecule has 0 aliphatic carbocycles. The number of carbonyl (C=O) groups is 3. The summed E-state index contributed by atoms with van der Waals surface area (Å²) in [6, 6.07) is 23.7. The highest BCUT2D eigenvalue weighted by atomic mass is 19.1. The van der Waals surface area contributed by atoms with Gasteiger partial charge in [0.15, 0.2) is 17.4 Å². The molecular formula is C46H54FN5O7. The van der Waals surface area contributed by atoms with E-state index in [1.54, 1.807) is 78.9 Å². The molecule has 12 nitrogen and oxygen atoms in total. The quantitative estimate of drug-likeness (QED) is 0.104. The van der Waals surface area contributed by atoms with Crippen LogP contribution in [0.4, 0.5) is 31.2 Å². The summed E-state index contributed by atoms with van der Waals surface area (Å²) in [5.74, 6) is -1.10. The molecule has 59 heavy (non-hydrogen) atoms. The molecule has 0 saturated carbocycles. The summed E-state index contributed by atoms with van der Waals surface area (Å²) >= 11 is 0. The van der Waals surface area contributed by atoms with Crippen molar-refractivity contribution in [2.45, 2.75) is 91.7 Å². The van der Waals surface area contributed by atoms with Gasteiger partial charge in [0.25, 0.3) is 0 Å². The Balaban J connectivity index is 1.52. The molecule has 0 radical (unpaired) electrons. The first-order chi connectivity index (χ1) is 27.7. The lowest BCUT2D eigenvalue weighted by molar-refractivity contribution is -0.131. The normalized spacial score (nSPS) is 12.7. The minimum atomic E-state index is -0.953. The first-order valence-electron chi connectivity index (χ1n) is 19.4. The van der Waals surface area contributed by atoms with Gasteiger partial charge in [0.05, 0.1) is 0 Å². The average molecular weight is 808 g/mol. The van der Waals surface area contributed by atoms with Crippen LogP contribution in [0.15, 0.2) is 91.1 Å². The number of ether oxygens (including phenoxy) is 3. The maximum absolute atomic E-state index is 15.4. The van der Waals surface area contributed by atoms with Crippen molar-refractivity contribution in [3.63, 3.8) is 0 Å². The number of nitrogen functional groups attached to an aromatic ring is 1. The van der Waals surface area contributed by atoms with Crippen molar-refractivity contribution in [3.8, 4) is 5.75 Å². The number of likely N-dealkylation sites (N-methyl/N-ethyl adjacent to an activating group) is 1. The highest BCUT2D eigenvalue weighted by Gasteiger charge is 2.35. The number of aryl methyl sites for hydroxylation is 1. The number of halogens is 1. The van der Waals surface area contributed by atoms with Gasteiger partial charge in [-0.3, -0.25) is 4.79 Å². The standard InChI is InChI=1S/C46H54FN5O7/c1-28-21-32(15-17-36(28)29(2)26-53)39(42(54)51(9)25-33-22-34(48)24-38(47)40(33)57-27-30-13-11-10-12-14-30)50-35-16-18-37-31(23-35)19-20-49-41(37)52(43(55)58-45(3,4)5)44(56)59-46(6,7)8/h10-24,29,39,50,53H,25-27,48H2,1-9H3/t29-,39?/m0/s1. The number of amides is 3. The van der Waals surface area contributed by atoms with E-state index in [1.165, 1.54) is 17.2 Å². The summed E-state index contributed by atoms with van der Waals surface area (Å²) in [5, 5.41) is 14.3. The number of hydrogen-bond donors (Lipinski definition) is 3. The number of aliphatic hydroxyl groups is 1. The Morgan fingerprint density at radius 1 is 0.898 bits per heavy atom. The van der Waals surface area contributed by atoms with Crippen molar-refractivity contribution in [1.29, 1.82) is 0 Å². The van der Waals surface area contributed by atoms with E-state index in [0.29, 0.717) is 27.6 Å². The SMILES string of the molecule is Cc1cc(C(Nc2ccc3c(N(C(=O)OC(C)(C)C)C(=O)OC(C)(C)C)nccc3c2)C(=O)N(C)Cc2cc(N)cc(F)c2OCc2ccccc2)ccc1[C@@H](C)CO. The predicted molar refractivity (Wildman–Crippen MR) is 228 cm³/mol. The van der Waals surface area contributed by atoms with Crippen LogP contribution in [-0.2, 0) is 27.4 Å². The zero-order valence-electron chi connectivity index (χ0n) is 35.1. The Kier molecular flexibility index (Phi) is 13.5. The van der Waals surface area contributed by atoms with E-state index in [4.69, 9.17) is 19.9 Å². The number of aromatic nitrogens is 1. The minimum absolute atomic E-state index is 0.00356. The molecule has 312 valence electrons. The van der Waals surface area contributed by atoms with Gasteiger partial charge in [0.1, 0.15) is 23.9 Å². The molecule has 0 aliphatic heterocycles. The van der Waals surface area contributed by atoms with Crippen LogP contribution in [0, 0.1) is 12.7 Å². The molecule has 0 bridgehead atoms. The molecule has 0 spiro atoms. The molecule has 3 amide bonds. The average Bonchev–Trinajstić information content (AvgIpc) is 3.15. The second kappa shape index (κ2) is 18.2. The Morgan fingerprint density at radius 2 is 1.56 bits per heavy atom. The van der Waals surface area contributed by atoms with Gasteiger partial charge in [0.2, 0.25) is 5.91 Å². The molecule has 2 atom stereocenters. The van der Waals surface area contributed by atoms with E-state index in [9.17, 15) is 19.5 Å². The van der Waals surface area contributed by atoms with Gasteiger partial charge in [-0.2, -0.15) is 4.90 Å². The van der Waals surface area contributed by atoms with E-state index in [-0.39, 0.29) is 48.8 Å². The number of rotatable bonds is 12. The minimum Gasteiger partial charge on any atom is -0.485 e. The van der Waals surface area contributed by atoms with Gasteiger partial charge in [-0.25, -0.2) is 19.0 Å². The molecular weight excluding hydrogens is 754 g/mol. The van der Waals surface area contributed by atoms with Crippen LogP contribution in [0.2, 0.25) is 0 Å². The highest BCUT2D eigenvalue weighted by Crippen LogP contribution is 2.34. The third-order valence-corrected chi connectivity index (χ3v) is 9.25. The summed E-state index contributed by atoms with van der Waals surface area (Å²) in [7, 11) is 1.62.